The predicted octanol–water partition coefficient (Wildman–Crippen LogP) is 3.31. The van der Waals surface area contributed by atoms with E-state index in [1.807, 2.05) is 24.3 Å². The standard InChI is InChI=1S/C16H23N3O/c20-11-10-13(12-6-2-1-3-7-12)17-16-18-14-8-4-5-9-15(14)19-16/h4-5,8-9,12-13,20H,1-3,6-7,10-11H2,(H2,17,18,19). The van der Waals surface area contributed by atoms with Crippen molar-refractivity contribution in [2.45, 2.75) is 44.6 Å². The van der Waals surface area contributed by atoms with Gasteiger partial charge in [-0.15, -0.1) is 0 Å². The number of H-pyrrole nitrogens is 1. The molecule has 0 saturated heterocycles. The van der Waals surface area contributed by atoms with Crippen LogP contribution in [-0.2, 0) is 0 Å². The van der Waals surface area contributed by atoms with Crippen LogP contribution in [0.5, 0.6) is 0 Å². The molecule has 3 N–H and O–H groups in total. The number of benzene rings is 1. The summed E-state index contributed by atoms with van der Waals surface area (Å²) in [7, 11) is 0. The Labute approximate surface area is 119 Å². The van der Waals surface area contributed by atoms with E-state index in [0.717, 1.165) is 23.4 Å². The molecule has 1 aliphatic rings. The van der Waals surface area contributed by atoms with E-state index >= 15 is 0 Å². The van der Waals surface area contributed by atoms with Crippen LogP contribution in [0.4, 0.5) is 5.95 Å². The number of nitrogens with zero attached hydrogens (tertiary/aromatic N) is 1. The quantitative estimate of drug-likeness (QED) is 0.783. The molecule has 1 aromatic heterocycles. The number of fused-ring (bicyclic) bond motifs is 1. The van der Waals surface area contributed by atoms with Crippen molar-refractivity contribution in [2.75, 3.05) is 11.9 Å². The Morgan fingerprint density at radius 2 is 2.05 bits per heavy atom. The van der Waals surface area contributed by atoms with Crippen LogP contribution in [0.25, 0.3) is 11.0 Å². The zero-order valence-corrected chi connectivity index (χ0v) is 11.8. The number of aromatic nitrogens is 2. The molecule has 0 aliphatic heterocycles. The summed E-state index contributed by atoms with van der Waals surface area (Å²) < 4.78 is 0. The lowest BCUT2D eigenvalue weighted by Crippen LogP contribution is -2.32. The van der Waals surface area contributed by atoms with E-state index in [1.54, 1.807) is 0 Å². The molecule has 1 aromatic carbocycles. The van der Waals surface area contributed by atoms with Crippen molar-refractivity contribution < 1.29 is 5.11 Å². The normalized spacial score (nSPS) is 18.2. The summed E-state index contributed by atoms with van der Waals surface area (Å²) >= 11 is 0. The first-order valence-electron chi connectivity index (χ1n) is 7.69. The highest BCUT2D eigenvalue weighted by atomic mass is 16.3. The molecule has 1 aliphatic carbocycles. The Morgan fingerprint density at radius 3 is 2.80 bits per heavy atom. The van der Waals surface area contributed by atoms with Gasteiger partial charge in [-0.25, -0.2) is 4.98 Å². The van der Waals surface area contributed by atoms with E-state index in [1.165, 1.54) is 32.1 Å². The lowest BCUT2D eigenvalue weighted by molar-refractivity contribution is 0.238. The van der Waals surface area contributed by atoms with Crippen LogP contribution in [0.1, 0.15) is 38.5 Å². The Morgan fingerprint density at radius 1 is 1.25 bits per heavy atom. The molecule has 1 saturated carbocycles. The van der Waals surface area contributed by atoms with Crippen molar-refractivity contribution in [3.05, 3.63) is 24.3 Å². The summed E-state index contributed by atoms with van der Waals surface area (Å²) in [6.45, 7) is 0.231. The van der Waals surface area contributed by atoms with Crippen LogP contribution in [0, 0.1) is 5.92 Å². The molecule has 3 rings (SSSR count). The Hall–Kier alpha value is -1.55. The topological polar surface area (TPSA) is 60.9 Å². The van der Waals surface area contributed by atoms with E-state index in [0.29, 0.717) is 12.0 Å². The largest absolute Gasteiger partial charge is 0.396 e. The van der Waals surface area contributed by atoms with Crippen LogP contribution in [0.15, 0.2) is 24.3 Å². The van der Waals surface area contributed by atoms with Gasteiger partial charge in [-0.3, -0.25) is 0 Å². The molecule has 0 amide bonds. The zero-order valence-electron chi connectivity index (χ0n) is 11.8. The van der Waals surface area contributed by atoms with Crippen molar-refractivity contribution in [2.24, 2.45) is 5.92 Å². The number of rotatable bonds is 5. The summed E-state index contributed by atoms with van der Waals surface area (Å²) in [6, 6.07) is 8.38. The molecule has 0 spiro atoms. The van der Waals surface area contributed by atoms with Crippen LogP contribution in [0.2, 0.25) is 0 Å². The van der Waals surface area contributed by atoms with Gasteiger partial charge in [-0.1, -0.05) is 31.4 Å². The number of aromatic amines is 1. The summed E-state index contributed by atoms with van der Waals surface area (Å²) in [5.74, 6) is 1.49. The van der Waals surface area contributed by atoms with Crippen molar-refractivity contribution >= 4 is 17.0 Å². The average Bonchev–Trinajstić information content (AvgIpc) is 2.90. The first-order chi connectivity index (χ1) is 9.86. The molecule has 2 aromatic rings. The smallest absolute Gasteiger partial charge is 0.201 e. The van der Waals surface area contributed by atoms with E-state index in [4.69, 9.17) is 0 Å². The van der Waals surface area contributed by atoms with E-state index in [9.17, 15) is 5.11 Å². The fraction of sp³-hybridized carbons (Fsp3) is 0.562. The molecule has 0 radical (unpaired) electrons. The third kappa shape index (κ3) is 2.96. The highest BCUT2D eigenvalue weighted by Gasteiger charge is 2.23. The molecular weight excluding hydrogens is 250 g/mol. The number of anilines is 1. The van der Waals surface area contributed by atoms with Crippen molar-refractivity contribution in [1.29, 1.82) is 0 Å². The van der Waals surface area contributed by atoms with Gasteiger partial charge in [0.05, 0.1) is 11.0 Å². The van der Waals surface area contributed by atoms with Crippen molar-refractivity contribution in [3.63, 3.8) is 0 Å². The molecule has 1 atom stereocenters. The number of aliphatic hydroxyl groups is 1. The third-order valence-electron chi connectivity index (χ3n) is 4.37. The van der Waals surface area contributed by atoms with Crippen molar-refractivity contribution in [3.8, 4) is 0 Å². The Bertz CT molecular complexity index is 512. The molecule has 1 heterocycles. The first-order valence-corrected chi connectivity index (χ1v) is 7.69. The molecule has 1 fully saturated rings. The van der Waals surface area contributed by atoms with E-state index in [2.05, 4.69) is 15.3 Å². The highest BCUT2D eigenvalue weighted by Crippen LogP contribution is 2.29. The van der Waals surface area contributed by atoms with Gasteiger partial charge in [0, 0.05) is 12.6 Å². The predicted molar refractivity (Wildman–Crippen MR) is 81.8 cm³/mol. The van der Waals surface area contributed by atoms with E-state index in [-0.39, 0.29) is 6.61 Å². The maximum Gasteiger partial charge on any atom is 0.201 e. The number of para-hydroxylation sites is 2. The summed E-state index contributed by atoms with van der Waals surface area (Å²) in [5, 5.41) is 12.8. The maximum atomic E-state index is 9.31. The lowest BCUT2D eigenvalue weighted by atomic mass is 9.83. The van der Waals surface area contributed by atoms with Crippen LogP contribution in [-0.4, -0.2) is 27.7 Å². The molecule has 0 bridgehead atoms. The third-order valence-corrected chi connectivity index (χ3v) is 4.37. The summed E-state index contributed by atoms with van der Waals surface area (Å²) in [6.07, 6.45) is 7.30. The number of hydrogen-bond acceptors (Lipinski definition) is 3. The number of hydrogen-bond donors (Lipinski definition) is 3. The van der Waals surface area contributed by atoms with Gasteiger partial charge in [0.2, 0.25) is 5.95 Å². The molecule has 1 unspecified atom stereocenters. The van der Waals surface area contributed by atoms with Crippen molar-refractivity contribution in [1.82, 2.24) is 9.97 Å². The van der Waals surface area contributed by atoms with Crippen LogP contribution < -0.4 is 5.32 Å². The molecular formula is C16H23N3O. The Balaban J connectivity index is 1.74. The van der Waals surface area contributed by atoms with Gasteiger partial charge >= 0.3 is 0 Å². The number of nitrogens with one attached hydrogen (secondary N) is 2. The van der Waals surface area contributed by atoms with Crippen LogP contribution in [0.3, 0.4) is 0 Å². The first kappa shape index (κ1) is 13.4. The molecule has 20 heavy (non-hydrogen) atoms. The minimum Gasteiger partial charge on any atom is -0.396 e. The SMILES string of the molecule is OCCC(Nc1nc2ccccc2[nH]1)C1CCCCC1. The second-order valence-electron chi connectivity index (χ2n) is 5.76. The molecule has 108 valence electrons. The van der Waals surface area contributed by atoms with Gasteiger partial charge < -0.3 is 15.4 Å². The lowest BCUT2D eigenvalue weighted by Gasteiger charge is -2.30. The number of imidazole rings is 1. The molecule has 4 nitrogen and oxygen atoms in total. The van der Waals surface area contributed by atoms with E-state index < -0.39 is 0 Å². The fourth-order valence-electron chi connectivity index (χ4n) is 3.30. The van der Waals surface area contributed by atoms with Gasteiger partial charge in [0.25, 0.3) is 0 Å². The molecule has 4 heteroatoms. The summed E-state index contributed by atoms with van der Waals surface area (Å²) in [5.41, 5.74) is 2.04. The fourth-order valence-corrected chi connectivity index (χ4v) is 3.30. The highest BCUT2D eigenvalue weighted by molar-refractivity contribution is 5.77. The van der Waals surface area contributed by atoms with Gasteiger partial charge in [0.15, 0.2) is 0 Å². The number of aliphatic hydroxyl groups excluding tert-OH is 1. The van der Waals surface area contributed by atoms with Crippen LogP contribution >= 0.6 is 0 Å². The average molecular weight is 273 g/mol. The summed E-state index contributed by atoms with van der Waals surface area (Å²) in [4.78, 5) is 7.90. The zero-order chi connectivity index (χ0) is 13.8. The minimum atomic E-state index is 0.231. The minimum absolute atomic E-state index is 0.231. The second kappa shape index (κ2) is 6.27. The second-order valence-corrected chi connectivity index (χ2v) is 5.76. The maximum absolute atomic E-state index is 9.31. The Kier molecular flexibility index (Phi) is 4.21. The monoisotopic (exact) mass is 273 g/mol. The van der Waals surface area contributed by atoms with Gasteiger partial charge in [-0.2, -0.15) is 0 Å². The van der Waals surface area contributed by atoms with Gasteiger partial charge in [0.1, 0.15) is 0 Å². The van der Waals surface area contributed by atoms with Gasteiger partial charge in [-0.05, 0) is 37.3 Å².